The number of hydrogen-bond donors (Lipinski definition) is 0. The zero-order valence-electron chi connectivity index (χ0n) is 12.5. The van der Waals surface area contributed by atoms with Gasteiger partial charge in [-0.05, 0) is 37.0 Å². The molecule has 7 heteroatoms. The highest BCUT2D eigenvalue weighted by Crippen LogP contribution is 2.57. The first-order valence-electron chi connectivity index (χ1n) is 7.81. The van der Waals surface area contributed by atoms with E-state index in [2.05, 4.69) is 0 Å². The van der Waals surface area contributed by atoms with Gasteiger partial charge in [0.2, 0.25) is 5.78 Å². The molecule has 1 aromatic rings. The van der Waals surface area contributed by atoms with Crippen LogP contribution in [0.1, 0.15) is 23.2 Å². The van der Waals surface area contributed by atoms with Crippen LogP contribution in [-0.4, -0.2) is 30.4 Å². The Labute approximate surface area is 148 Å². The van der Waals surface area contributed by atoms with Crippen molar-refractivity contribution in [1.82, 2.24) is 0 Å². The summed E-state index contributed by atoms with van der Waals surface area (Å²) in [5, 5.41) is 0.635. The van der Waals surface area contributed by atoms with Gasteiger partial charge < -0.3 is 9.47 Å². The maximum absolute atomic E-state index is 12.4. The molecule has 1 heterocycles. The zero-order valence-corrected chi connectivity index (χ0v) is 14.0. The Morgan fingerprint density at radius 1 is 1.25 bits per heavy atom. The van der Waals surface area contributed by atoms with Crippen LogP contribution in [0, 0.1) is 23.7 Å². The van der Waals surface area contributed by atoms with Crippen LogP contribution >= 0.6 is 23.2 Å². The van der Waals surface area contributed by atoms with Gasteiger partial charge in [-0.2, -0.15) is 0 Å². The van der Waals surface area contributed by atoms with Crippen LogP contribution in [0.2, 0.25) is 10.0 Å². The molecule has 0 amide bonds. The van der Waals surface area contributed by atoms with Gasteiger partial charge in [-0.15, -0.1) is 0 Å². The minimum atomic E-state index is -0.497. The summed E-state index contributed by atoms with van der Waals surface area (Å²) < 4.78 is 10.5. The van der Waals surface area contributed by atoms with Crippen molar-refractivity contribution in [2.45, 2.75) is 18.9 Å². The summed E-state index contributed by atoms with van der Waals surface area (Å²) >= 11 is 11.8. The number of esters is 2. The lowest BCUT2D eigenvalue weighted by molar-refractivity contribution is -0.154. The Morgan fingerprint density at radius 3 is 2.79 bits per heavy atom. The quantitative estimate of drug-likeness (QED) is 0.603. The van der Waals surface area contributed by atoms with Crippen molar-refractivity contribution >= 4 is 40.9 Å². The number of ether oxygens (including phenoxy) is 2. The fourth-order valence-corrected chi connectivity index (χ4v) is 4.87. The molecule has 3 fully saturated rings. The molecule has 2 aliphatic carbocycles. The fourth-order valence-electron chi connectivity index (χ4n) is 4.35. The molecule has 24 heavy (non-hydrogen) atoms. The predicted octanol–water partition coefficient (Wildman–Crippen LogP) is 2.92. The van der Waals surface area contributed by atoms with Gasteiger partial charge in [0, 0.05) is 16.5 Å². The van der Waals surface area contributed by atoms with Gasteiger partial charge >= 0.3 is 11.9 Å². The van der Waals surface area contributed by atoms with Crippen molar-refractivity contribution < 1.29 is 23.9 Å². The summed E-state index contributed by atoms with van der Waals surface area (Å²) in [6, 6.07) is 4.51. The molecular formula is C17H14Cl2O5. The highest BCUT2D eigenvalue weighted by molar-refractivity contribution is 6.36. The molecule has 2 saturated carbocycles. The van der Waals surface area contributed by atoms with Crippen molar-refractivity contribution in [3.63, 3.8) is 0 Å². The van der Waals surface area contributed by atoms with Gasteiger partial charge in [-0.25, -0.2) is 0 Å². The second kappa shape index (κ2) is 5.74. The number of halogens is 2. The Hall–Kier alpha value is -1.59. The van der Waals surface area contributed by atoms with E-state index < -0.39 is 30.2 Å². The summed E-state index contributed by atoms with van der Waals surface area (Å²) in [7, 11) is 0. The van der Waals surface area contributed by atoms with Gasteiger partial charge in [0.05, 0.1) is 16.9 Å². The summed E-state index contributed by atoms with van der Waals surface area (Å²) in [6.45, 7) is -0.404. The molecule has 4 rings (SSSR count). The number of hydrogen-bond acceptors (Lipinski definition) is 5. The predicted molar refractivity (Wildman–Crippen MR) is 84.8 cm³/mol. The van der Waals surface area contributed by atoms with E-state index in [0.717, 1.165) is 6.42 Å². The van der Waals surface area contributed by atoms with Gasteiger partial charge in [-0.1, -0.05) is 23.2 Å². The molecule has 1 aliphatic heterocycles. The number of carbonyl (C=O) groups excluding carboxylic acids is 3. The molecule has 0 spiro atoms. The first-order valence-corrected chi connectivity index (χ1v) is 8.56. The topological polar surface area (TPSA) is 69.7 Å². The number of ketones is 1. The Bertz CT molecular complexity index is 744. The van der Waals surface area contributed by atoms with E-state index in [0.29, 0.717) is 11.4 Å². The molecule has 5 atom stereocenters. The number of Topliss-reactive ketones (excluding diaryl/α,β-unsaturated/α-hetero) is 1. The standard InChI is InChI=1S/C17H14Cl2O5/c18-8-1-2-9(11(19)5-8)12(20)6-23-16(21)14-7-3-10-13(4-7)24-17(22)15(10)14/h1-2,5,7,10,13-15H,3-4,6H2/t7-,10+,13-,14-,15-/m1/s1. The molecule has 0 aromatic heterocycles. The minimum Gasteiger partial charge on any atom is -0.462 e. The van der Waals surface area contributed by atoms with Crippen LogP contribution in [-0.2, 0) is 19.1 Å². The molecule has 1 aromatic carbocycles. The Kier molecular flexibility index (Phi) is 3.81. The summed E-state index contributed by atoms with van der Waals surface area (Å²) in [5.74, 6) is -1.87. The first kappa shape index (κ1) is 15.9. The van der Waals surface area contributed by atoms with Crippen LogP contribution < -0.4 is 0 Å². The van der Waals surface area contributed by atoms with Crippen LogP contribution in [0.25, 0.3) is 0 Å². The number of carbonyl (C=O) groups is 3. The maximum Gasteiger partial charge on any atom is 0.310 e. The fraction of sp³-hybridized carbons (Fsp3) is 0.471. The highest BCUT2D eigenvalue weighted by atomic mass is 35.5. The molecule has 5 nitrogen and oxygen atoms in total. The molecule has 0 radical (unpaired) electrons. The maximum atomic E-state index is 12.4. The van der Waals surface area contributed by atoms with E-state index in [1.54, 1.807) is 6.07 Å². The van der Waals surface area contributed by atoms with Crippen molar-refractivity contribution in [3.05, 3.63) is 33.8 Å². The second-order valence-corrected chi connectivity index (χ2v) is 7.42. The van der Waals surface area contributed by atoms with Crippen LogP contribution in [0.3, 0.4) is 0 Å². The van der Waals surface area contributed by atoms with Crippen molar-refractivity contribution in [2.75, 3.05) is 6.61 Å². The highest BCUT2D eigenvalue weighted by Gasteiger charge is 2.64. The van der Waals surface area contributed by atoms with Crippen LogP contribution in [0.4, 0.5) is 0 Å². The van der Waals surface area contributed by atoms with Gasteiger partial charge in [0.15, 0.2) is 6.61 Å². The molecular weight excluding hydrogens is 355 g/mol. The molecule has 3 aliphatic rings. The molecule has 1 saturated heterocycles. The summed E-state index contributed by atoms with van der Waals surface area (Å²) in [6.07, 6.45) is 1.49. The molecule has 0 unspecified atom stereocenters. The number of fused-ring (bicyclic) bond motifs is 1. The SMILES string of the molecule is O=C(COC(=O)[C@@H]1[C@@H]2C[C@@H]3[C@H]1C(=O)O[C@@H]3C2)c1ccc(Cl)cc1Cl. The van der Waals surface area contributed by atoms with E-state index in [1.807, 2.05) is 0 Å². The monoisotopic (exact) mass is 368 g/mol. The van der Waals surface area contributed by atoms with E-state index >= 15 is 0 Å². The van der Waals surface area contributed by atoms with E-state index in [4.69, 9.17) is 32.7 Å². The van der Waals surface area contributed by atoms with E-state index in [9.17, 15) is 14.4 Å². The average Bonchev–Trinajstić information content (AvgIpc) is 3.14. The van der Waals surface area contributed by atoms with E-state index in [1.165, 1.54) is 12.1 Å². The lowest BCUT2D eigenvalue weighted by atomic mass is 9.80. The number of benzene rings is 1. The lowest BCUT2D eigenvalue weighted by Gasteiger charge is -2.22. The number of rotatable bonds is 4. The second-order valence-electron chi connectivity index (χ2n) is 6.58. The lowest BCUT2D eigenvalue weighted by Crippen LogP contribution is -2.34. The third kappa shape index (κ3) is 2.42. The van der Waals surface area contributed by atoms with Gasteiger partial charge in [0.25, 0.3) is 0 Å². The third-order valence-corrected chi connectivity index (χ3v) is 5.88. The third-order valence-electron chi connectivity index (χ3n) is 5.33. The van der Waals surface area contributed by atoms with E-state index in [-0.39, 0.29) is 34.5 Å². The molecule has 2 bridgehead atoms. The minimum absolute atomic E-state index is 0.0361. The van der Waals surface area contributed by atoms with Gasteiger partial charge in [0.1, 0.15) is 6.10 Å². The van der Waals surface area contributed by atoms with Crippen molar-refractivity contribution in [2.24, 2.45) is 23.7 Å². The Morgan fingerprint density at radius 2 is 2.04 bits per heavy atom. The molecule has 0 N–H and O–H groups in total. The first-order chi connectivity index (χ1) is 11.5. The normalized spacial score (nSPS) is 32.8. The van der Waals surface area contributed by atoms with Crippen LogP contribution in [0.5, 0.6) is 0 Å². The smallest absolute Gasteiger partial charge is 0.310 e. The Balaban J connectivity index is 1.42. The molecule has 126 valence electrons. The van der Waals surface area contributed by atoms with Crippen molar-refractivity contribution in [1.29, 1.82) is 0 Å². The zero-order chi connectivity index (χ0) is 17.0. The van der Waals surface area contributed by atoms with Crippen molar-refractivity contribution in [3.8, 4) is 0 Å². The summed E-state index contributed by atoms with van der Waals surface area (Å²) in [4.78, 5) is 36.5. The average molecular weight is 369 g/mol. The summed E-state index contributed by atoms with van der Waals surface area (Å²) in [5.41, 5.74) is 0.252. The van der Waals surface area contributed by atoms with Crippen LogP contribution in [0.15, 0.2) is 18.2 Å². The van der Waals surface area contributed by atoms with Gasteiger partial charge in [-0.3, -0.25) is 14.4 Å². The largest absolute Gasteiger partial charge is 0.462 e.